The third kappa shape index (κ3) is 6.35. The maximum absolute atomic E-state index is 13.5. The topological polar surface area (TPSA) is 92.3 Å². The van der Waals surface area contributed by atoms with E-state index in [1.165, 1.54) is 35.4 Å². The summed E-state index contributed by atoms with van der Waals surface area (Å²) in [5.41, 5.74) is 2.45. The van der Waals surface area contributed by atoms with Crippen molar-refractivity contribution < 1.29 is 33.3 Å². The monoisotopic (exact) mass is 491 g/mol. The van der Waals surface area contributed by atoms with E-state index >= 15 is 0 Å². The highest BCUT2D eigenvalue weighted by atomic mass is 16.6. The fraction of sp³-hybridized carbons (Fsp3) is 0.214. The molecule has 0 spiro atoms. The van der Waals surface area contributed by atoms with Crippen molar-refractivity contribution >= 4 is 23.5 Å². The summed E-state index contributed by atoms with van der Waals surface area (Å²) in [5, 5.41) is 2.96. The average Bonchev–Trinajstić information content (AvgIpc) is 2.89. The van der Waals surface area contributed by atoms with E-state index in [-0.39, 0.29) is 11.7 Å². The number of methoxy groups -OCH3 is 4. The number of benzene rings is 3. The number of amides is 1. The van der Waals surface area contributed by atoms with Crippen LogP contribution in [0.4, 0.5) is 0 Å². The Labute approximate surface area is 210 Å². The largest absolute Gasteiger partial charge is 0.493 e. The average molecular weight is 492 g/mol. The molecule has 0 radical (unpaired) electrons. The Hall–Kier alpha value is -4.46. The quantitative estimate of drug-likeness (QED) is 0.193. The minimum atomic E-state index is -0.486. The summed E-state index contributed by atoms with van der Waals surface area (Å²) >= 11 is 0. The number of carbonyl (C=O) groups is 2. The van der Waals surface area contributed by atoms with Gasteiger partial charge in [-0.05, 0) is 47.0 Å². The van der Waals surface area contributed by atoms with E-state index in [1.807, 2.05) is 30.3 Å². The van der Waals surface area contributed by atoms with Crippen LogP contribution in [0.3, 0.4) is 0 Å². The molecule has 0 unspecified atom stereocenters. The Bertz CT molecular complexity index is 1230. The van der Waals surface area contributed by atoms with Crippen LogP contribution in [-0.4, -0.2) is 40.3 Å². The van der Waals surface area contributed by atoms with Gasteiger partial charge in [-0.25, -0.2) is 0 Å². The molecule has 0 aliphatic carbocycles. The lowest BCUT2D eigenvalue weighted by molar-refractivity contribution is -0.132. The Morgan fingerprint density at radius 2 is 1.42 bits per heavy atom. The van der Waals surface area contributed by atoms with Crippen LogP contribution in [0.25, 0.3) is 11.6 Å². The Morgan fingerprint density at radius 1 is 0.778 bits per heavy atom. The zero-order valence-corrected chi connectivity index (χ0v) is 20.9. The first-order valence-electron chi connectivity index (χ1n) is 11.1. The maximum atomic E-state index is 13.5. The van der Waals surface area contributed by atoms with Gasteiger partial charge < -0.3 is 29.0 Å². The molecule has 0 saturated carbocycles. The number of hydrogen-bond acceptors (Lipinski definition) is 7. The summed E-state index contributed by atoms with van der Waals surface area (Å²) in [6, 6.07) is 18.0. The standard InChI is InChI=1S/C28H29NO7/c1-18(30)36-24-14-20(11-12-23(24)32-2)13-22(28(31)29-17-19-9-7-6-8-10-19)21-15-25(33-3)27(35-5)26(16-21)34-4/h6-16H,17H2,1-5H3,(H,29,31)/b22-13+. The van der Waals surface area contributed by atoms with E-state index in [2.05, 4.69) is 5.32 Å². The fourth-order valence-corrected chi connectivity index (χ4v) is 3.57. The van der Waals surface area contributed by atoms with E-state index in [0.717, 1.165) is 5.56 Å². The fourth-order valence-electron chi connectivity index (χ4n) is 3.57. The molecular formula is C28H29NO7. The summed E-state index contributed by atoms with van der Waals surface area (Å²) in [6.45, 7) is 1.64. The van der Waals surface area contributed by atoms with Crippen molar-refractivity contribution in [2.24, 2.45) is 0 Å². The molecule has 8 nitrogen and oxygen atoms in total. The zero-order chi connectivity index (χ0) is 26.1. The highest BCUT2D eigenvalue weighted by molar-refractivity contribution is 6.24. The van der Waals surface area contributed by atoms with Crippen LogP contribution in [0.15, 0.2) is 60.7 Å². The molecule has 0 heterocycles. The molecule has 0 aliphatic heterocycles. The minimum Gasteiger partial charge on any atom is -0.493 e. The van der Waals surface area contributed by atoms with Gasteiger partial charge in [0.1, 0.15) is 0 Å². The SMILES string of the molecule is COc1ccc(/C=C(/C(=O)NCc2ccccc2)c2cc(OC)c(OC)c(OC)c2)cc1OC(C)=O. The molecule has 1 amide bonds. The van der Waals surface area contributed by atoms with Crippen molar-refractivity contribution in [1.82, 2.24) is 5.32 Å². The number of rotatable bonds is 10. The van der Waals surface area contributed by atoms with Crippen LogP contribution < -0.4 is 29.0 Å². The molecule has 188 valence electrons. The molecule has 3 aromatic rings. The lowest BCUT2D eigenvalue weighted by atomic mass is 10.00. The van der Waals surface area contributed by atoms with Crippen LogP contribution in [0.1, 0.15) is 23.6 Å². The predicted octanol–water partition coefficient (Wildman–Crippen LogP) is 4.50. The first-order valence-corrected chi connectivity index (χ1v) is 11.1. The van der Waals surface area contributed by atoms with Crippen LogP contribution in [-0.2, 0) is 16.1 Å². The molecule has 0 aromatic heterocycles. The molecule has 3 aromatic carbocycles. The number of ether oxygens (including phenoxy) is 5. The van der Waals surface area contributed by atoms with Crippen LogP contribution in [0.2, 0.25) is 0 Å². The number of nitrogens with one attached hydrogen (secondary N) is 1. The Balaban J connectivity index is 2.10. The second kappa shape index (κ2) is 12.3. The van der Waals surface area contributed by atoms with Crippen LogP contribution >= 0.6 is 0 Å². The molecule has 0 bridgehead atoms. The van der Waals surface area contributed by atoms with Crippen molar-refractivity contribution in [1.29, 1.82) is 0 Å². The van der Waals surface area contributed by atoms with Crippen molar-refractivity contribution in [3.8, 4) is 28.7 Å². The van der Waals surface area contributed by atoms with E-state index in [9.17, 15) is 9.59 Å². The minimum absolute atomic E-state index is 0.243. The number of hydrogen-bond donors (Lipinski definition) is 1. The van der Waals surface area contributed by atoms with E-state index in [1.54, 1.807) is 36.4 Å². The lowest BCUT2D eigenvalue weighted by Gasteiger charge is -2.16. The Morgan fingerprint density at radius 3 is 1.97 bits per heavy atom. The molecule has 0 aliphatic rings. The third-order valence-corrected chi connectivity index (χ3v) is 5.27. The molecular weight excluding hydrogens is 462 g/mol. The van der Waals surface area contributed by atoms with Gasteiger partial charge in [-0.15, -0.1) is 0 Å². The van der Waals surface area contributed by atoms with Crippen molar-refractivity contribution in [3.63, 3.8) is 0 Å². The first-order chi connectivity index (χ1) is 17.4. The van der Waals surface area contributed by atoms with Gasteiger partial charge in [0.25, 0.3) is 5.91 Å². The molecule has 1 N–H and O–H groups in total. The lowest BCUT2D eigenvalue weighted by Crippen LogP contribution is -2.24. The van der Waals surface area contributed by atoms with Crippen molar-refractivity contribution in [2.75, 3.05) is 28.4 Å². The highest BCUT2D eigenvalue weighted by Crippen LogP contribution is 2.40. The van der Waals surface area contributed by atoms with Gasteiger partial charge >= 0.3 is 5.97 Å². The molecule has 36 heavy (non-hydrogen) atoms. The zero-order valence-electron chi connectivity index (χ0n) is 20.9. The summed E-state index contributed by atoms with van der Waals surface area (Å²) in [4.78, 5) is 25.0. The van der Waals surface area contributed by atoms with Crippen molar-refractivity contribution in [3.05, 3.63) is 77.4 Å². The van der Waals surface area contributed by atoms with E-state index < -0.39 is 5.97 Å². The van der Waals surface area contributed by atoms with E-state index in [4.69, 9.17) is 23.7 Å². The highest BCUT2D eigenvalue weighted by Gasteiger charge is 2.20. The summed E-state index contributed by atoms with van der Waals surface area (Å²) < 4.78 is 27.0. The maximum Gasteiger partial charge on any atom is 0.308 e. The molecule has 0 saturated heterocycles. The van der Waals surface area contributed by atoms with Gasteiger partial charge in [-0.1, -0.05) is 36.4 Å². The van der Waals surface area contributed by atoms with Gasteiger partial charge in [0.05, 0.1) is 28.4 Å². The first kappa shape index (κ1) is 26.2. The van der Waals surface area contributed by atoms with Crippen molar-refractivity contribution in [2.45, 2.75) is 13.5 Å². The van der Waals surface area contributed by atoms with Gasteiger partial charge in [0.2, 0.25) is 5.75 Å². The smallest absolute Gasteiger partial charge is 0.308 e. The number of esters is 1. The van der Waals surface area contributed by atoms with E-state index in [0.29, 0.717) is 46.2 Å². The molecule has 0 fully saturated rings. The van der Waals surface area contributed by atoms with Gasteiger partial charge in [0.15, 0.2) is 23.0 Å². The van der Waals surface area contributed by atoms with Gasteiger partial charge in [-0.3, -0.25) is 9.59 Å². The van der Waals surface area contributed by atoms with Crippen LogP contribution in [0, 0.1) is 0 Å². The van der Waals surface area contributed by atoms with Crippen LogP contribution in [0.5, 0.6) is 28.7 Å². The molecule has 0 atom stereocenters. The number of carbonyl (C=O) groups excluding carboxylic acids is 2. The normalized spacial score (nSPS) is 10.9. The van der Waals surface area contributed by atoms with Gasteiger partial charge in [-0.2, -0.15) is 0 Å². The third-order valence-electron chi connectivity index (χ3n) is 5.27. The summed E-state index contributed by atoms with van der Waals surface area (Å²) in [5.74, 6) is 1.05. The summed E-state index contributed by atoms with van der Waals surface area (Å²) in [6.07, 6.45) is 1.69. The van der Waals surface area contributed by atoms with Gasteiger partial charge in [0, 0.05) is 19.0 Å². The second-order valence-corrected chi connectivity index (χ2v) is 7.64. The second-order valence-electron chi connectivity index (χ2n) is 7.64. The molecule has 8 heteroatoms. The Kier molecular flexibility index (Phi) is 8.94. The predicted molar refractivity (Wildman–Crippen MR) is 137 cm³/mol. The summed E-state index contributed by atoms with van der Waals surface area (Å²) in [7, 11) is 6.01. The molecule has 3 rings (SSSR count).